The smallest absolute Gasteiger partial charge is 0.240 e. The van der Waals surface area contributed by atoms with Crippen molar-refractivity contribution in [3.05, 3.63) is 30.2 Å². The van der Waals surface area contributed by atoms with Gasteiger partial charge in [-0.3, -0.25) is 9.20 Å². The lowest BCUT2D eigenvalue weighted by atomic mass is 10.1. The van der Waals surface area contributed by atoms with Crippen molar-refractivity contribution in [3.63, 3.8) is 0 Å². The van der Waals surface area contributed by atoms with Gasteiger partial charge >= 0.3 is 0 Å². The average Bonchev–Trinajstić information content (AvgIpc) is 2.88. The average molecular weight is 348 g/mol. The number of rotatable bonds is 3. The minimum atomic E-state index is -0.317. The second-order valence-electron chi connectivity index (χ2n) is 4.77. The molecule has 1 saturated heterocycles. The third-order valence-corrected chi connectivity index (χ3v) is 3.40. The third-order valence-electron chi connectivity index (χ3n) is 3.40. The van der Waals surface area contributed by atoms with Gasteiger partial charge in [-0.25, -0.2) is 0 Å². The van der Waals surface area contributed by atoms with Crippen molar-refractivity contribution in [1.29, 1.82) is 0 Å². The van der Waals surface area contributed by atoms with Gasteiger partial charge in [0.15, 0.2) is 11.5 Å². The number of aromatic nitrogens is 3. The summed E-state index contributed by atoms with van der Waals surface area (Å²) < 4.78 is 7.32. The van der Waals surface area contributed by atoms with E-state index < -0.39 is 0 Å². The Bertz CT molecular complexity index is 621. The van der Waals surface area contributed by atoms with Crippen LogP contribution in [0.25, 0.3) is 5.65 Å². The molecule has 7 nitrogen and oxygen atoms in total. The quantitative estimate of drug-likeness (QED) is 0.848. The second-order valence-corrected chi connectivity index (χ2v) is 4.77. The SMILES string of the molecule is C[C@H]1OCCN[C@@H]1C(=O)NCc1nnc2ccccn12.Cl.Cl. The van der Waals surface area contributed by atoms with Crippen LogP contribution in [0.2, 0.25) is 0 Å². The lowest BCUT2D eigenvalue weighted by molar-refractivity contribution is -0.129. The van der Waals surface area contributed by atoms with Crippen LogP contribution in [0.3, 0.4) is 0 Å². The first-order chi connectivity index (χ1) is 9.75. The zero-order valence-electron chi connectivity index (χ0n) is 12.1. The van der Waals surface area contributed by atoms with Gasteiger partial charge < -0.3 is 15.4 Å². The summed E-state index contributed by atoms with van der Waals surface area (Å²) in [5.41, 5.74) is 0.768. The molecular weight excluding hydrogens is 329 g/mol. The van der Waals surface area contributed by atoms with Crippen molar-refractivity contribution in [2.24, 2.45) is 0 Å². The van der Waals surface area contributed by atoms with Gasteiger partial charge in [0.25, 0.3) is 0 Å². The molecule has 2 aromatic rings. The lowest BCUT2D eigenvalue weighted by Gasteiger charge is -2.29. The number of amides is 1. The monoisotopic (exact) mass is 347 g/mol. The van der Waals surface area contributed by atoms with E-state index in [-0.39, 0.29) is 42.9 Å². The van der Waals surface area contributed by atoms with Crippen molar-refractivity contribution in [3.8, 4) is 0 Å². The van der Waals surface area contributed by atoms with E-state index in [0.717, 1.165) is 5.65 Å². The van der Waals surface area contributed by atoms with E-state index in [4.69, 9.17) is 4.74 Å². The van der Waals surface area contributed by atoms with Gasteiger partial charge in [0.05, 0.1) is 19.3 Å². The molecule has 1 aliphatic rings. The molecule has 0 bridgehead atoms. The maximum atomic E-state index is 12.1. The number of halogens is 2. The van der Waals surface area contributed by atoms with E-state index in [9.17, 15) is 4.79 Å². The molecule has 1 aliphatic heterocycles. The van der Waals surface area contributed by atoms with Crippen LogP contribution in [0.5, 0.6) is 0 Å². The van der Waals surface area contributed by atoms with E-state index in [1.54, 1.807) is 0 Å². The van der Waals surface area contributed by atoms with Crippen molar-refractivity contribution in [1.82, 2.24) is 25.2 Å². The third kappa shape index (κ3) is 3.86. The summed E-state index contributed by atoms with van der Waals surface area (Å²) in [5.74, 6) is 0.628. The van der Waals surface area contributed by atoms with Gasteiger partial charge in [0.1, 0.15) is 6.04 Å². The maximum absolute atomic E-state index is 12.1. The van der Waals surface area contributed by atoms with E-state index in [1.807, 2.05) is 35.7 Å². The highest BCUT2D eigenvalue weighted by Crippen LogP contribution is 2.05. The van der Waals surface area contributed by atoms with Crippen LogP contribution in [-0.4, -0.2) is 45.8 Å². The van der Waals surface area contributed by atoms with Gasteiger partial charge in [-0.2, -0.15) is 0 Å². The van der Waals surface area contributed by atoms with Crippen LogP contribution in [0.15, 0.2) is 24.4 Å². The molecule has 0 saturated carbocycles. The molecule has 0 aromatic carbocycles. The Kier molecular flexibility index (Phi) is 7.02. The highest BCUT2D eigenvalue weighted by molar-refractivity contribution is 5.85. The second kappa shape index (κ2) is 8.28. The zero-order valence-corrected chi connectivity index (χ0v) is 13.7. The van der Waals surface area contributed by atoms with E-state index in [2.05, 4.69) is 20.8 Å². The summed E-state index contributed by atoms with van der Waals surface area (Å²) in [7, 11) is 0. The van der Waals surface area contributed by atoms with Gasteiger partial charge in [0.2, 0.25) is 5.91 Å². The molecule has 0 radical (unpaired) electrons. The summed E-state index contributed by atoms with van der Waals surface area (Å²) >= 11 is 0. The Morgan fingerprint density at radius 3 is 3.05 bits per heavy atom. The van der Waals surface area contributed by atoms with Gasteiger partial charge in [-0.15, -0.1) is 35.0 Å². The van der Waals surface area contributed by atoms with Crippen molar-refractivity contribution in [2.45, 2.75) is 25.6 Å². The fraction of sp³-hybridized carbons (Fsp3) is 0.462. The minimum absolute atomic E-state index is 0. The van der Waals surface area contributed by atoms with Crippen LogP contribution in [0, 0.1) is 0 Å². The van der Waals surface area contributed by atoms with Crippen molar-refractivity contribution < 1.29 is 9.53 Å². The summed E-state index contributed by atoms with van der Waals surface area (Å²) in [6.07, 6.45) is 1.75. The Hall–Kier alpha value is -1.41. The summed E-state index contributed by atoms with van der Waals surface area (Å²) in [5, 5.41) is 14.2. The first-order valence-corrected chi connectivity index (χ1v) is 6.67. The molecular formula is C13H19Cl2N5O2. The van der Waals surface area contributed by atoms with Crippen molar-refractivity contribution >= 4 is 36.4 Å². The van der Waals surface area contributed by atoms with E-state index in [0.29, 0.717) is 25.5 Å². The number of morpholine rings is 1. The first kappa shape index (κ1) is 18.6. The number of fused-ring (bicyclic) bond motifs is 1. The Morgan fingerprint density at radius 1 is 1.45 bits per heavy atom. The summed E-state index contributed by atoms with van der Waals surface area (Å²) in [6.45, 7) is 3.56. The molecule has 1 amide bonds. The highest BCUT2D eigenvalue weighted by atomic mass is 35.5. The number of nitrogens with zero attached hydrogens (tertiary/aromatic N) is 3. The molecule has 2 N–H and O–H groups in total. The molecule has 2 aromatic heterocycles. The predicted octanol–water partition coefficient (Wildman–Crippen LogP) is 0.566. The molecule has 0 aliphatic carbocycles. The van der Waals surface area contributed by atoms with Gasteiger partial charge in [-0.05, 0) is 19.1 Å². The maximum Gasteiger partial charge on any atom is 0.240 e. The number of nitrogens with one attached hydrogen (secondary N) is 2. The first-order valence-electron chi connectivity index (χ1n) is 6.67. The molecule has 3 heterocycles. The lowest BCUT2D eigenvalue weighted by Crippen LogP contribution is -2.55. The molecule has 122 valence electrons. The number of carbonyl (C=O) groups excluding carboxylic acids is 1. The molecule has 9 heteroatoms. The standard InChI is InChI=1S/C13H17N5O2.2ClH/c1-9-12(14-5-7-20-9)13(19)15-8-11-17-16-10-4-2-3-6-18(10)11;;/h2-4,6,9,12,14H,5,7-8H2,1H3,(H,15,19);2*1H/t9-,12+;;/m1../s1. The molecule has 0 spiro atoms. The van der Waals surface area contributed by atoms with Crippen LogP contribution < -0.4 is 10.6 Å². The fourth-order valence-electron chi connectivity index (χ4n) is 2.31. The summed E-state index contributed by atoms with van der Waals surface area (Å²) in [6, 6.07) is 5.36. The van der Waals surface area contributed by atoms with E-state index >= 15 is 0 Å². The molecule has 22 heavy (non-hydrogen) atoms. The molecule has 3 rings (SSSR count). The largest absolute Gasteiger partial charge is 0.375 e. The fourth-order valence-corrected chi connectivity index (χ4v) is 2.31. The minimum Gasteiger partial charge on any atom is -0.375 e. The number of hydrogen-bond donors (Lipinski definition) is 2. The Labute approximate surface area is 140 Å². The summed E-state index contributed by atoms with van der Waals surface area (Å²) in [4.78, 5) is 12.1. The predicted molar refractivity (Wildman–Crippen MR) is 86.5 cm³/mol. The van der Waals surface area contributed by atoms with E-state index in [1.165, 1.54) is 0 Å². The number of hydrogen-bond acceptors (Lipinski definition) is 5. The van der Waals surface area contributed by atoms with Gasteiger partial charge in [0, 0.05) is 12.7 Å². The van der Waals surface area contributed by atoms with Gasteiger partial charge in [-0.1, -0.05) is 6.07 Å². The number of pyridine rings is 1. The molecule has 1 fully saturated rings. The van der Waals surface area contributed by atoms with Crippen LogP contribution >= 0.6 is 24.8 Å². The number of carbonyl (C=O) groups is 1. The highest BCUT2D eigenvalue weighted by Gasteiger charge is 2.28. The number of ether oxygens (including phenoxy) is 1. The van der Waals surface area contributed by atoms with Crippen molar-refractivity contribution in [2.75, 3.05) is 13.2 Å². The molecule has 0 unspecified atom stereocenters. The topological polar surface area (TPSA) is 80.5 Å². The Morgan fingerprint density at radius 2 is 2.27 bits per heavy atom. The zero-order chi connectivity index (χ0) is 13.9. The van der Waals surface area contributed by atoms with Crippen LogP contribution in [0.4, 0.5) is 0 Å². The van der Waals surface area contributed by atoms with Crippen LogP contribution in [-0.2, 0) is 16.1 Å². The normalized spacial score (nSPS) is 20.8. The molecule has 2 atom stereocenters. The van der Waals surface area contributed by atoms with Crippen LogP contribution in [0.1, 0.15) is 12.7 Å². The Balaban J connectivity index is 0.00000121.